The van der Waals surface area contributed by atoms with Gasteiger partial charge in [0.1, 0.15) is 12.0 Å². The normalized spacial score (nSPS) is 13.4. The van der Waals surface area contributed by atoms with E-state index in [1.54, 1.807) is 83.7 Å². The van der Waals surface area contributed by atoms with E-state index in [0.29, 0.717) is 45.4 Å². The zero-order valence-corrected chi connectivity index (χ0v) is 27.4. The summed E-state index contributed by atoms with van der Waals surface area (Å²) < 4.78 is 83.0. The molecule has 1 heterocycles. The van der Waals surface area contributed by atoms with Crippen molar-refractivity contribution in [3.63, 3.8) is 0 Å². The molecule has 0 saturated heterocycles. The van der Waals surface area contributed by atoms with Crippen LogP contribution in [0.3, 0.4) is 0 Å². The Kier molecular flexibility index (Phi) is 8.85. The van der Waals surface area contributed by atoms with Crippen molar-refractivity contribution < 1.29 is 35.9 Å². The summed E-state index contributed by atoms with van der Waals surface area (Å²) in [6.07, 6.45) is -7.29. The molecule has 0 aliphatic heterocycles. The van der Waals surface area contributed by atoms with Crippen molar-refractivity contribution in [1.82, 2.24) is 14.9 Å². The first-order valence-electron chi connectivity index (χ1n) is 16.4. The monoisotopic (exact) mass is 712 g/mol. The third-order valence-corrected chi connectivity index (χ3v) is 9.41. The van der Waals surface area contributed by atoms with Gasteiger partial charge < -0.3 is 15.2 Å². The summed E-state index contributed by atoms with van der Waals surface area (Å²) in [4.78, 5) is 32.2. The fourth-order valence-corrected chi connectivity index (χ4v) is 7.16. The minimum absolute atomic E-state index is 0.142. The van der Waals surface area contributed by atoms with E-state index in [2.05, 4.69) is 15.6 Å². The highest BCUT2D eigenvalue weighted by Crippen LogP contribution is 2.51. The second-order valence-electron chi connectivity index (χ2n) is 12.6. The molecule has 0 radical (unpaired) electrons. The summed E-state index contributed by atoms with van der Waals surface area (Å²) in [5, 5.41) is 4.93. The highest BCUT2D eigenvalue weighted by atomic mass is 19.4. The van der Waals surface area contributed by atoms with Crippen LogP contribution >= 0.6 is 0 Å². The molecule has 5 aromatic carbocycles. The number of nitrogens with one attached hydrogen (secondary N) is 2. The van der Waals surface area contributed by atoms with Crippen molar-refractivity contribution in [3.05, 3.63) is 144 Å². The molecule has 0 bridgehead atoms. The van der Waals surface area contributed by atoms with Crippen molar-refractivity contribution in [3.8, 4) is 22.3 Å². The highest BCUT2D eigenvalue weighted by molar-refractivity contribution is 6.11. The number of alkyl halides is 6. The maximum Gasteiger partial charge on any atom is 0.416 e. The zero-order chi connectivity index (χ0) is 36.7. The maximum absolute atomic E-state index is 13.9. The molecule has 12 heteroatoms. The largest absolute Gasteiger partial charge is 0.416 e. The van der Waals surface area contributed by atoms with Gasteiger partial charge in [-0.3, -0.25) is 9.59 Å². The van der Waals surface area contributed by atoms with Crippen LogP contribution in [0.15, 0.2) is 122 Å². The molecule has 52 heavy (non-hydrogen) atoms. The molecule has 1 aliphatic carbocycles. The first-order valence-corrected chi connectivity index (χ1v) is 16.4. The molecule has 0 atom stereocenters. The van der Waals surface area contributed by atoms with Crippen LogP contribution in [-0.4, -0.2) is 34.1 Å². The van der Waals surface area contributed by atoms with E-state index in [1.807, 2.05) is 24.3 Å². The molecule has 1 aromatic heterocycles. The molecule has 2 amide bonds. The average Bonchev–Trinajstić information content (AvgIpc) is 3.68. The number of halogens is 6. The van der Waals surface area contributed by atoms with Gasteiger partial charge in [-0.05, 0) is 70.5 Å². The van der Waals surface area contributed by atoms with Gasteiger partial charge in [0.15, 0.2) is 0 Å². The van der Waals surface area contributed by atoms with E-state index in [4.69, 9.17) is 0 Å². The Morgan fingerprint density at radius 3 is 2.04 bits per heavy atom. The summed E-state index contributed by atoms with van der Waals surface area (Å²) in [5.41, 5.74) is 2.36. The second kappa shape index (κ2) is 13.3. The molecule has 0 saturated carbocycles. The lowest BCUT2D eigenvalue weighted by atomic mass is 9.73. The molecule has 1 aliphatic rings. The molecule has 0 unspecified atom stereocenters. The summed E-state index contributed by atoms with van der Waals surface area (Å²) in [5.74, 6) is -1.52. The van der Waals surface area contributed by atoms with E-state index >= 15 is 0 Å². The summed E-state index contributed by atoms with van der Waals surface area (Å²) in [6, 6.07) is 31.0. The Hall–Kier alpha value is -5.91. The van der Waals surface area contributed by atoms with E-state index in [9.17, 15) is 35.9 Å². The quantitative estimate of drug-likeness (QED) is 0.147. The number of anilines is 1. The average molecular weight is 713 g/mol. The molecular formula is C40H30F6N4O2. The summed E-state index contributed by atoms with van der Waals surface area (Å²) >= 11 is 0. The Morgan fingerprint density at radius 1 is 0.731 bits per heavy atom. The number of para-hydroxylation sites is 1. The minimum Gasteiger partial charge on any atom is -0.346 e. The van der Waals surface area contributed by atoms with Gasteiger partial charge >= 0.3 is 12.4 Å². The molecule has 6 aromatic rings. The van der Waals surface area contributed by atoms with Crippen molar-refractivity contribution >= 4 is 28.5 Å². The predicted octanol–water partition coefficient (Wildman–Crippen LogP) is 9.40. The van der Waals surface area contributed by atoms with Crippen molar-refractivity contribution in [2.24, 2.45) is 0 Å². The predicted molar refractivity (Wildman–Crippen MR) is 186 cm³/mol. The standard InChI is InChI=1S/C40H30F6N4O2/c41-39(42,43)23-47-37(52)38(31-14-6-4-12-28(31)29-13-5-7-15-32(29)38)20-9-21-50-24-48-33-16-8-17-34(35(33)50)49-36(51)30-22-26(40(44,45)46)18-19-27(30)25-10-2-1-3-11-25/h1-8,10-19,22,24H,9,20-21,23H2,(H,47,52)(H,49,51). The minimum atomic E-state index is -4.68. The van der Waals surface area contributed by atoms with Crippen molar-refractivity contribution in [1.29, 1.82) is 0 Å². The first kappa shape index (κ1) is 34.5. The topological polar surface area (TPSA) is 76.0 Å². The number of carbonyl (C=O) groups excluding carboxylic acids is 2. The Bertz CT molecular complexity index is 2250. The number of nitrogens with zero attached hydrogens (tertiary/aromatic N) is 2. The highest BCUT2D eigenvalue weighted by Gasteiger charge is 2.49. The van der Waals surface area contributed by atoms with Crippen molar-refractivity contribution in [2.75, 3.05) is 11.9 Å². The number of hydrogen-bond donors (Lipinski definition) is 2. The lowest BCUT2D eigenvalue weighted by molar-refractivity contribution is -0.141. The number of amides is 2. The third kappa shape index (κ3) is 6.40. The number of rotatable bonds is 9. The molecule has 0 spiro atoms. The van der Waals surface area contributed by atoms with Crippen LogP contribution in [0.2, 0.25) is 0 Å². The smallest absolute Gasteiger partial charge is 0.346 e. The Balaban J connectivity index is 1.21. The number of hydrogen-bond acceptors (Lipinski definition) is 3. The fraction of sp³-hybridized carbons (Fsp3) is 0.175. The van der Waals surface area contributed by atoms with Gasteiger partial charge in [-0.2, -0.15) is 26.3 Å². The SMILES string of the molecule is O=C(Nc1cccc2ncn(CCCC3(C(=O)NCC(F)(F)F)c4ccccc4-c4ccccc43)c12)c1cc(C(F)(F)F)ccc1-c1ccccc1. The molecule has 0 fully saturated rings. The van der Waals surface area contributed by atoms with Gasteiger partial charge in [-0.1, -0.05) is 91.0 Å². The number of aryl methyl sites for hydroxylation is 1. The molecule has 264 valence electrons. The Morgan fingerprint density at radius 2 is 1.38 bits per heavy atom. The Labute approximate surface area is 294 Å². The number of carbonyl (C=O) groups is 2. The first-order chi connectivity index (χ1) is 24.9. The number of aromatic nitrogens is 2. The van der Waals surface area contributed by atoms with Gasteiger partial charge in [0.2, 0.25) is 5.91 Å². The van der Waals surface area contributed by atoms with Crippen LogP contribution < -0.4 is 10.6 Å². The number of fused-ring (bicyclic) bond motifs is 4. The summed E-state index contributed by atoms with van der Waals surface area (Å²) in [7, 11) is 0. The zero-order valence-electron chi connectivity index (χ0n) is 27.4. The van der Waals surface area contributed by atoms with Crippen LogP contribution in [0.4, 0.5) is 32.0 Å². The van der Waals surface area contributed by atoms with Gasteiger partial charge in [0.25, 0.3) is 5.91 Å². The number of benzene rings is 5. The van der Waals surface area contributed by atoms with Crippen molar-refractivity contribution in [2.45, 2.75) is 37.2 Å². The van der Waals surface area contributed by atoms with Gasteiger partial charge in [-0.25, -0.2) is 4.98 Å². The summed E-state index contributed by atoms with van der Waals surface area (Å²) in [6.45, 7) is -1.23. The van der Waals surface area contributed by atoms with E-state index < -0.39 is 41.7 Å². The van der Waals surface area contributed by atoms with Crippen LogP contribution in [0.1, 0.15) is 39.9 Å². The maximum atomic E-state index is 13.9. The van der Waals surface area contributed by atoms with Gasteiger partial charge in [0.05, 0.1) is 28.6 Å². The van der Waals surface area contributed by atoms with Crippen LogP contribution in [0.5, 0.6) is 0 Å². The third-order valence-electron chi connectivity index (χ3n) is 9.41. The number of imidazole rings is 1. The lowest BCUT2D eigenvalue weighted by Crippen LogP contribution is -2.47. The van der Waals surface area contributed by atoms with Crippen LogP contribution in [-0.2, 0) is 22.9 Å². The van der Waals surface area contributed by atoms with E-state index in [0.717, 1.165) is 23.3 Å². The van der Waals surface area contributed by atoms with Crippen LogP contribution in [0.25, 0.3) is 33.3 Å². The molecule has 6 nitrogen and oxygen atoms in total. The van der Waals surface area contributed by atoms with Crippen LogP contribution in [0, 0.1) is 0 Å². The molecular weight excluding hydrogens is 682 g/mol. The second-order valence-corrected chi connectivity index (χ2v) is 12.6. The van der Waals surface area contributed by atoms with E-state index in [1.165, 1.54) is 6.07 Å². The van der Waals surface area contributed by atoms with Gasteiger partial charge in [-0.15, -0.1) is 0 Å². The molecule has 2 N–H and O–H groups in total. The van der Waals surface area contributed by atoms with Gasteiger partial charge in [0, 0.05) is 12.1 Å². The van der Waals surface area contributed by atoms with E-state index in [-0.39, 0.29) is 18.5 Å². The molecule has 7 rings (SSSR count). The lowest BCUT2D eigenvalue weighted by Gasteiger charge is -2.31. The fourth-order valence-electron chi connectivity index (χ4n) is 7.16.